The van der Waals surface area contributed by atoms with E-state index in [2.05, 4.69) is 12.2 Å². The van der Waals surface area contributed by atoms with Crippen molar-refractivity contribution in [2.24, 2.45) is 0 Å². The Kier molecular flexibility index (Phi) is 6.82. The number of nitrogens with one attached hydrogen (secondary N) is 1. The van der Waals surface area contributed by atoms with Gasteiger partial charge in [-0.25, -0.2) is 4.39 Å². The van der Waals surface area contributed by atoms with Gasteiger partial charge in [0.05, 0.1) is 0 Å². The molecule has 1 atom stereocenters. The molecule has 0 spiro atoms. The van der Waals surface area contributed by atoms with Crippen molar-refractivity contribution in [3.8, 4) is 0 Å². The number of rotatable bonds is 8. The van der Waals surface area contributed by atoms with Gasteiger partial charge in [-0.15, -0.1) is 0 Å². The maximum Gasteiger partial charge on any atom is 0.123 e. The van der Waals surface area contributed by atoms with Gasteiger partial charge < -0.3 is 10.1 Å². The molecule has 0 amide bonds. The zero-order chi connectivity index (χ0) is 12.5. The van der Waals surface area contributed by atoms with Crippen LogP contribution in [0.5, 0.6) is 0 Å². The van der Waals surface area contributed by atoms with Gasteiger partial charge in [0.15, 0.2) is 0 Å². The molecule has 0 radical (unpaired) electrons. The van der Waals surface area contributed by atoms with Crippen molar-refractivity contribution in [1.82, 2.24) is 5.32 Å². The Morgan fingerprint density at radius 3 is 2.82 bits per heavy atom. The highest BCUT2D eigenvalue weighted by atomic mass is 19.1. The van der Waals surface area contributed by atoms with E-state index in [1.54, 1.807) is 12.1 Å². The van der Waals surface area contributed by atoms with Crippen molar-refractivity contribution in [1.29, 1.82) is 0 Å². The second kappa shape index (κ2) is 8.20. The number of halogens is 1. The smallest absolute Gasteiger partial charge is 0.123 e. The third-order valence-electron chi connectivity index (χ3n) is 2.69. The van der Waals surface area contributed by atoms with Gasteiger partial charge in [0, 0.05) is 19.3 Å². The second-order valence-electron chi connectivity index (χ2n) is 4.00. The zero-order valence-corrected chi connectivity index (χ0v) is 10.7. The summed E-state index contributed by atoms with van der Waals surface area (Å²) in [4.78, 5) is 0. The molecule has 0 fully saturated rings. The standard InChI is InChI=1S/C14H22FNO/c1-3-16-14(9-6-10-17-4-2)12-7-5-8-13(15)11-12/h5,7-8,11,14,16H,3-4,6,9-10H2,1-2H3. The van der Waals surface area contributed by atoms with E-state index in [1.807, 2.05) is 13.0 Å². The molecule has 1 aromatic carbocycles. The van der Waals surface area contributed by atoms with Crippen molar-refractivity contribution in [3.05, 3.63) is 35.6 Å². The number of benzene rings is 1. The Hall–Kier alpha value is -0.930. The van der Waals surface area contributed by atoms with Gasteiger partial charge in [0.1, 0.15) is 5.82 Å². The van der Waals surface area contributed by atoms with Gasteiger partial charge in [0.2, 0.25) is 0 Å². The number of ether oxygens (including phenoxy) is 1. The topological polar surface area (TPSA) is 21.3 Å². The SMILES string of the molecule is CCNC(CCCOCC)c1cccc(F)c1. The largest absolute Gasteiger partial charge is 0.382 e. The normalized spacial score (nSPS) is 12.6. The summed E-state index contributed by atoms with van der Waals surface area (Å²) in [5, 5.41) is 3.38. The summed E-state index contributed by atoms with van der Waals surface area (Å²) >= 11 is 0. The average Bonchev–Trinajstić information content (AvgIpc) is 2.33. The fraction of sp³-hybridized carbons (Fsp3) is 0.571. The number of hydrogen-bond donors (Lipinski definition) is 1. The summed E-state index contributed by atoms with van der Waals surface area (Å²) in [6.07, 6.45) is 1.96. The van der Waals surface area contributed by atoms with Crippen molar-refractivity contribution in [2.75, 3.05) is 19.8 Å². The van der Waals surface area contributed by atoms with E-state index >= 15 is 0 Å². The van der Waals surface area contributed by atoms with Gasteiger partial charge in [-0.3, -0.25) is 0 Å². The van der Waals surface area contributed by atoms with E-state index in [0.29, 0.717) is 0 Å². The molecule has 0 saturated heterocycles. The van der Waals surface area contributed by atoms with Crippen LogP contribution in [0.25, 0.3) is 0 Å². The van der Waals surface area contributed by atoms with Gasteiger partial charge in [-0.05, 0) is 44.0 Å². The molecule has 1 unspecified atom stereocenters. The number of hydrogen-bond acceptors (Lipinski definition) is 2. The monoisotopic (exact) mass is 239 g/mol. The first-order valence-corrected chi connectivity index (χ1v) is 6.34. The third kappa shape index (κ3) is 5.29. The first-order chi connectivity index (χ1) is 8.27. The summed E-state index contributed by atoms with van der Waals surface area (Å²) < 4.78 is 18.5. The molecule has 0 aliphatic heterocycles. The summed E-state index contributed by atoms with van der Waals surface area (Å²) in [5.74, 6) is -0.171. The molecule has 0 saturated carbocycles. The fourth-order valence-electron chi connectivity index (χ4n) is 1.89. The van der Waals surface area contributed by atoms with E-state index in [-0.39, 0.29) is 11.9 Å². The van der Waals surface area contributed by atoms with Crippen molar-refractivity contribution in [3.63, 3.8) is 0 Å². The van der Waals surface area contributed by atoms with E-state index < -0.39 is 0 Å². The summed E-state index contributed by atoms with van der Waals surface area (Å²) in [5.41, 5.74) is 1.02. The second-order valence-corrected chi connectivity index (χ2v) is 4.00. The molecule has 2 nitrogen and oxygen atoms in total. The Bertz CT molecular complexity index is 317. The summed E-state index contributed by atoms with van der Waals surface area (Å²) in [6.45, 7) is 6.47. The molecule has 0 aliphatic carbocycles. The lowest BCUT2D eigenvalue weighted by Crippen LogP contribution is -2.21. The van der Waals surface area contributed by atoms with Gasteiger partial charge in [0.25, 0.3) is 0 Å². The first-order valence-electron chi connectivity index (χ1n) is 6.34. The van der Waals surface area contributed by atoms with E-state index in [0.717, 1.165) is 38.2 Å². The minimum absolute atomic E-state index is 0.171. The highest BCUT2D eigenvalue weighted by Gasteiger charge is 2.10. The van der Waals surface area contributed by atoms with E-state index in [9.17, 15) is 4.39 Å². The molecule has 17 heavy (non-hydrogen) atoms. The van der Waals surface area contributed by atoms with Crippen molar-refractivity contribution >= 4 is 0 Å². The Morgan fingerprint density at radius 1 is 1.35 bits per heavy atom. The maximum atomic E-state index is 13.2. The van der Waals surface area contributed by atoms with E-state index in [4.69, 9.17) is 4.74 Å². The van der Waals surface area contributed by atoms with Crippen LogP contribution in [0.4, 0.5) is 4.39 Å². The molecule has 0 aromatic heterocycles. The maximum absolute atomic E-state index is 13.2. The molecule has 1 aromatic rings. The van der Waals surface area contributed by atoms with Crippen LogP contribution in [0.15, 0.2) is 24.3 Å². The highest BCUT2D eigenvalue weighted by molar-refractivity contribution is 5.20. The minimum atomic E-state index is -0.171. The lowest BCUT2D eigenvalue weighted by molar-refractivity contribution is 0.141. The predicted octanol–water partition coefficient (Wildman–Crippen LogP) is 3.29. The summed E-state index contributed by atoms with van der Waals surface area (Å²) in [6, 6.07) is 7.03. The predicted molar refractivity (Wildman–Crippen MR) is 68.5 cm³/mol. The Labute approximate surface area is 103 Å². The Balaban J connectivity index is 2.52. The quantitative estimate of drug-likeness (QED) is 0.703. The van der Waals surface area contributed by atoms with Crippen LogP contribution in [0.2, 0.25) is 0 Å². The van der Waals surface area contributed by atoms with Crippen LogP contribution in [0.3, 0.4) is 0 Å². The lowest BCUT2D eigenvalue weighted by Gasteiger charge is -2.18. The third-order valence-corrected chi connectivity index (χ3v) is 2.69. The highest BCUT2D eigenvalue weighted by Crippen LogP contribution is 2.19. The molecule has 0 aliphatic rings. The molecular formula is C14H22FNO. The first kappa shape index (κ1) is 14.1. The van der Waals surface area contributed by atoms with Crippen molar-refractivity contribution in [2.45, 2.75) is 32.7 Å². The van der Waals surface area contributed by atoms with Gasteiger partial charge >= 0.3 is 0 Å². The zero-order valence-electron chi connectivity index (χ0n) is 10.7. The minimum Gasteiger partial charge on any atom is -0.382 e. The lowest BCUT2D eigenvalue weighted by atomic mass is 10.0. The fourth-order valence-corrected chi connectivity index (χ4v) is 1.89. The molecular weight excluding hydrogens is 217 g/mol. The van der Waals surface area contributed by atoms with Crippen LogP contribution >= 0.6 is 0 Å². The molecule has 0 heterocycles. The molecule has 1 rings (SSSR count). The average molecular weight is 239 g/mol. The van der Waals surface area contributed by atoms with Gasteiger partial charge in [-0.2, -0.15) is 0 Å². The van der Waals surface area contributed by atoms with Crippen molar-refractivity contribution < 1.29 is 9.13 Å². The van der Waals surface area contributed by atoms with Crippen LogP contribution in [0, 0.1) is 5.82 Å². The van der Waals surface area contributed by atoms with Crippen LogP contribution in [0.1, 0.15) is 38.3 Å². The molecule has 3 heteroatoms. The molecule has 1 N–H and O–H groups in total. The van der Waals surface area contributed by atoms with Crippen LogP contribution in [-0.4, -0.2) is 19.8 Å². The van der Waals surface area contributed by atoms with Crippen LogP contribution < -0.4 is 5.32 Å². The van der Waals surface area contributed by atoms with Crippen LogP contribution in [-0.2, 0) is 4.74 Å². The van der Waals surface area contributed by atoms with E-state index in [1.165, 1.54) is 6.07 Å². The Morgan fingerprint density at radius 2 is 2.18 bits per heavy atom. The van der Waals surface area contributed by atoms with Gasteiger partial charge in [-0.1, -0.05) is 19.1 Å². The molecule has 96 valence electrons. The molecule has 0 bridgehead atoms. The summed E-state index contributed by atoms with van der Waals surface area (Å²) in [7, 11) is 0.